The molecule has 77 valence electrons. The quantitative estimate of drug-likeness (QED) is 0.695. The van der Waals surface area contributed by atoms with Crippen LogP contribution in [0.1, 0.15) is 5.56 Å². The molecule has 1 nitrogen and oxygen atoms in total. The molecule has 1 heterocycles. The molecular weight excluding hydrogens is 198 g/mol. The first-order valence-corrected chi connectivity index (χ1v) is 8.84. The number of hydrogen-bond donors (Lipinski definition) is 0. The summed E-state index contributed by atoms with van der Waals surface area (Å²) in [6.07, 6.45) is 1.86. The Morgan fingerprint density at radius 3 is 2.53 bits per heavy atom. The third-order valence-corrected chi connectivity index (χ3v) is 3.43. The van der Waals surface area contributed by atoms with Crippen LogP contribution in [-0.4, -0.2) is 13.1 Å². The van der Waals surface area contributed by atoms with Crippen molar-refractivity contribution in [3.8, 4) is 0 Å². The van der Waals surface area contributed by atoms with Gasteiger partial charge in [-0.3, -0.25) is 4.98 Å². The molecule has 2 aromatic rings. The molecule has 1 aromatic carbocycles. The van der Waals surface area contributed by atoms with E-state index in [1.165, 1.54) is 10.9 Å². The van der Waals surface area contributed by atoms with Gasteiger partial charge in [0.1, 0.15) is 0 Å². The van der Waals surface area contributed by atoms with Gasteiger partial charge in [-0.15, -0.1) is 0 Å². The molecule has 0 saturated carbocycles. The molecule has 0 fully saturated rings. The number of aromatic nitrogens is 1. The molecular formula is C13H16NSi. The van der Waals surface area contributed by atoms with E-state index in [-0.39, 0.29) is 0 Å². The SMILES string of the molecule is C[Si](C)(C)[CH]c1cccc2cccnc12. The van der Waals surface area contributed by atoms with Gasteiger partial charge in [0, 0.05) is 11.6 Å². The van der Waals surface area contributed by atoms with E-state index in [2.05, 4.69) is 54.9 Å². The van der Waals surface area contributed by atoms with E-state index in [0.29, 0.717) is 0 Å². The molecule has 15 heavy (non-hydrogen) atoms. The van der Waals surface area contributed by atoms with Crippen molar-refractivity contribution in [1.29, 1.82) is 0 Å². The van der Waals surface area contributed by atoms with Gasteiger partial charge >= 0.3 is 0 Å². The monoisotopic (exact) mass is 214 g/mol. The molecule has 2 rings (SSSR count). The average molecular weight is 214 g/mol. The summed E-state index contributed by atoms with van der Waals surface area (Å²) >= 11 is 0. The number of pyridine rings is 1. The summed E-state index contributed by atoms with van der Waals surface area (Å²) in [7, 11) is -1.18. The first-order chi connectivity index (χ1) is 7.06. The standard InChI is InChI=1S/C13H16NSi/c1-15(2,3)10-12-7-4-6-11-8-5-9-14-13(11)12/h4-10H,1-3H3. The number of para-hydroxylation sites is 1. The van der Waals surface area contributed by atoms with Crippen LogP contribution in [0.25, 0.3) is 10.9 Å². The van der Waals surface area contributed by atoms with E-state index in [0.717, 1.165) is 5.52 Å². The fourth-order valence-corrected chi connectivity index (χ4v) is 2.88. The second kappa shape index (κ2) is 3.78. The van der Waals surface area contributed by atoms with Gasteiger partial charge < -0.3 is 0 Å². The van der Waals surface area contributed by atoms with E-state index in [4.69, 9.17) is 0 Å². The zero-order valence-electron chi connectivity index (χ0n) is 9.49. The minimum atomic E-state index is -1.18. The lowest BCUT2D eigenvalue weighted by molar-refractivity contribution is 1.39. The molecule has 0 bridgehead atoms. The lowest BCUT2D eigenvalue weighted by Gasteiger charge is -2.16. The van der Waals surface area contributed by atoms with Gasteiger partial charge in [0.2, 0.25) is 0 Å². The van der Waals surface area contributed by atoms with Gasteiger partial charge in [0.05, 0.1) is 13.6 Å². The minimum Gasteiger partial charge on any atom is -0.256 e. The lowest BCUT2D eigenvalue weighted by atomic mass is 10.1. The highest BCUT2D eigenvalue weighted by Crippen LogP contribution is 2.21. The Bertz CT molecular complexity index is 466. The summed E-state index contributed by atoms with van der Waals surface area (Å²) in [6.45, 7) is 7.03. The van der Waals surface area contributed by atoms with Crippen LogP contribution in [0.4, 0.5) is 0 Å². The van der Waals surface area contributed by atoms with Gasteiger partial charge in [-0.1, -0.05) is 43.9 Å². The van der Waals surface area contributed by atoms with Crippen LogP contribution in [0.5, 0.6) is 0 Å². The largest absolute Gasteiger partial charge is 0.256 e. The van der Waals surface area contributed by atoms with E-state index >= 15 is 0 Å². The molecule has 0 N–H and O–H groups in total. The molecule has 0 amide bonds. The van der Waals surface area contributed by atoms with Gasteiger partial charge in [0.25, 0.3) is 0 Å². The number of fused-ring (bicyclic) bond motifs is 1. The highest BCUT2D eigenvalue weighted by molar-refractivity contribution is 6.80. The van der Waals surface area contributed by atoms with Crippen molar-refractivity contribution >= 4 is 19.0 Å². The van der Waals surface area contributed by atoms with E-state index in [1.807, 2.05) is 12.3 Å². The number of nitrogens with zero attached hydrogens (tertiary/aromatic N) is 1. The molecule has 0 aliphatic carbocycles. The van der Waals surface area contributed by atoms with Gasteiger partial charge in [-0.25, -0.2) is 0 Å². The predicted octanol–water partition coefficient (Wildman–Crippen LogP) is 3.66. The molecule has 0 atom stereocenters. The maximum atomic E-state index is 4.46. The second-order valence-corrected chi connectivity index (χ2v) is 9.95. The zero-order chi connectivity index (χ0) is 10.9. The van der Waals surface area contributed by atoms with Crippen LogP contribution in [0.15, 0.2) is 36.5 Å². The molecule has 1 aromatic heterocycles. The van der Waals surface area contributed by atoms with Crippen molar-refractivity contribution in [2.45, 2.75) is 19.6 Å². The maximum Gasteiger partial charge on any atom is 0.0733 e. The summed E-state index contributed by atoms with van der Waals surface area (Å²) in [4.78, 5) is 4.46. The van der Waals surface area contributed by atoms with Crippen LogP contribution < -0.4 is 0 Å². The number of hydrogen-bond acceptors (Lipinski definition) is 1. The third-order valence-electron chi connectivity index (χ3n) is 2.25. The normalized spacial score (nSPS) is 11.9. The molecule has 0 unspecified atom stereocenters. The molecule has 0 aliphatic heterocycles. The van der Waals surface area contributed by atoms with Crippen LogP contribution in [0, 0.1) is 6.04 Å². The summed E-state index contributed by atoms with van der Waals surface area (Å²) in [5.41, 5.74) is 2.41. The first-order valence-electron chi connectivity index (χ1n) is 5.26. The number of rotatable bonds is 2. The Balaban J connectivity index is 2.52. The van der Waals surface area contributed by atoms with Crippen molar-refractivity contribution < 1.29 is 0 Å². The molecule has 0 aliphatic rings. The fraction of sp³-hybridized carbons (Fsp3) is 0.231. The van der Waals surface area contributed by atoms with Crippen molar-refractivity contribution in [2.24, 2.45) is 0 Å². The maximum absolute atomic E-state index is 4.46. The van der Waals surface area contributed by atoms with Crippen molar-refractivity contribution in [2.75, 3.05) is 0 Å². The fourth-order valence-electron chi connectivity index (χ4n) is 1.71. The third kappa shape index (κ3) is 2.45. The molecule has 2 heteroatoms. The molecule has 1 radical (unpaired) electrons. The summed E-state index contributed by atoms with van der Waals surface area (Å²) in [6, 6.07) is 12.9. The van der Waals surface area contributed by atoms with Crippen LogP contribution in [0.2, 0.25) is 19.6 Å². The average Bonchev–Trinajstić information content (AvgIpc) is 2.16. The van der Waals surface area contributed by atoms with Gasteiger partial charge in [-0.2, -0.15) is 0 Å². The summed E-state index contributed by atoms with van der Waals surface area (Å²) in [5.74, 6) is 0. The molecule has 0 saturated heterocycles. The van der Waals surface area contributed by atoms with E-state index in [9.17, 15) is 0 Å². The summed E-state index contributed by atoms with van der Waals surface area (Å²) in [5, 5.41) is 1.23. The lowest BCUT2D eigenvalue weighted by Crippen LogP contribution is -2.21. The predicted molar refractivity (Wildman–Crippen MR) is 68.5 cm³/mol. The summed E-state index contributed by atoms with van der Waals surface area (Å²) < 4.78 is 0. The second-order valence-electron chi connectivity index (χ2n) is 4.93. The Labute approximate surface area is 92.2 Å². The van der Waals surface area contributed by atoms with Crippen molar-refractivity contribution in [3.63, 3.8) is 0 Å². The van der Waals surface area contributed by atoms with E-state index < -0.39 is 8.07 Å². The number of benzene rings is 1. The first kappa shape index (κ1) is 10.4. The Morgan fingerprint density at radius 2 is 1.80 bits per heavy atom. The topological polar surface area (TPSA) is 12.9 Å². The smallest absolute Gasteiger partial charge is 0.0733 e. The van der Waals surface area contributed by atoms with Gasteiger partial charge in [-0.05, 0) is 17.7 Å². The highest BCUT2D eigenvalue weighted by Gasteiger charge is 2.15. The Kier molecular flexibility index (Phi) is 2.61. The van der Waals surface area contributed by atoms with Crippen molar-refractivity contribution in [1.82, 2.24) is 4.98 Å². The van der Waals surface area contributed by atoms with Crippen LogP contribution in [-0.2, 0) is 0 Å². The minimum absolute atomic E-state index is 1.13. The van der Waals surface area contributed by atoms with Gasteiger partial charge in [0.15, 0.2) is 0 Å². The van der Waals surface area contributed by atoms with Crippen molar-refractivity contribution in [3.05, 3.63) is 48.1 Å². The van der Waals surface area contributed by atoms with Crippen LogP contribution in [0.3, 0.4) is 0 Å². The highest BCUT2D eigenvalue weighted by atomic mass is 28.3. The van der Waals surface area contributed by atoms with Crippen LogP contribution >= 0.6 is 0 Å². The zero-order valence-corrected chi connectivity index (χ0v) is 10.5. The van der Waals surface area contributed by atoms with E-state index in [1.54, 1.807) is 0 Å². The molecule has 0 spiro atoms. The Hall–Kier alpha value is -1.15. The Morgan fingerprint density at radius 1 is 1.07 bits per heavy atom.